The molecule has 16 heteroatoms. The molecule has 6 rings (SSSR count). The Bertz CT molecular complexity index is 1820. The Labute approximate surface area is 268 Å². The first kappa shape index (κ1) is 31.0. The summed E-state index contributed by atoms with van der Waals surface area (Å²) in [5.41, 5.74) is 2.79. The van der Waals surface area contributed by atoms with Crippen LogP contribution < -0.4 is 20.3 Å². The fourth-order valence-electron chi connectivity index (χ4n) is 4.85. The first-order chi connectivity index (χ1) is 22.2. The second kappa shape index (κ2) is 13.6. The van der Waals surface area contributed by atoms with Crippen LogP contribution in [0.3, 0.4) is 0 Å². The van der Waals surface area contributed by atoms with Crippen LogP contribution in [0.4, 0.5) is 29.3 Å². The summed E-state index contributed by atoms with van der Waals surface area (Å²) in [6, 6.07) is 18.4. The van der Waals surface area contributed by atoms with Gasteiger partial charge >= 0.3 is 6.36 Å². The normalized spacial score (nSPS) is 14.7. The van der Waals surface area contributed by atoms with Crippen molar-refractivity contribution in [3.8, 4) is 16.3 Å². The minimum absolute atomic E-state index is 0.0686. The second-order valence-corrected chi connectivity index (χ2v) is 12.1. The third kappa shape index (κ3) is 8.19. The molecule has 1 aliphatic heterocycles. The van der Waals surface area contributed by atoms with Gasteiger partial charge in [0.05, 0.1) is 24.2 Å². The SMILES string of the molecule is O=C(Cc1cccc(OC(F)(F)F)c1)Nc1ccc(C2CCN(c3nnc(NC(=O)Cc4csc(-c5ccccc5)n4)s3)C2)nn1. The standard InChI is InChI=1S/C30H25F3N8O3S2/c31-30(32,33)44-22-8-4-5-18(13-22)14-25(42)35-24-10-9-23(37-38-24)20-11-12-41(16-20)29-40-39-28(46-29)36-26(43)15-21-17-45-27(34-21)19-6-2-1-3-7-19/h1-10,13,17,20H,11-12,14-16H2,(H,35,38,42)(H,36,39,43). The van der Waals surface area contributed by atoms with Crippen molar-refractivity contribution >= 4 is 50.6 Å². The molecule has 1 unspecified atom stereocenters. The maximum absolute atomic E-state index is 12.6. The number of nitrogens with one attached hydrogen (secondary N) is 2. The van der Waals surface area contributed by atoms with Gasteiger partial charge in [0.15, 0.2) is 5.82 Å². The molecule has 236 valence electrons. The van der Waals surface area contributed by atoms with Gasteiger partial charge in [0, 0.05) is 30.0 Å². The van der Waals surface area contributed by atoms with Gasteiger partial charge in [-0.15, -0.1) is 39.8 Å². The highest BCUT2D eigenvalue weighted by atomic mass is 32.1. The van der Waals surface area contributed by atoms with E-state index >= 15 is 0 Å². The molecule has 1 atom stereocenters. The minimum atomic E-state index is -4.82. The van der Waals surface area contributed by atoms with Gasteiger partial charge in [0.2, 0.25) is 22.1 Å². The van der Waals surface area contributed by atoms with Gasteiger partial charge in [0.1, 0.15) is 10.8 Å². The molecular weight excluding hydrogens is 642 g/mol. The maximum atomic E-state index is 12.6. The Morgan fingerprint density at radius 2 is 1.76 bits per heavy atom. The first-order valence-electron chi connectivity index (χ1n) is 14.0. The van der Waals surface area contributed by atoms with Crippen LogP contribution in [0.5, 0.6) is 5.75 Å². The number of amides is 2. The van der Waals surface area contributed by atoms with Crippen molar-refractivity contribution in [2.75, 3.05) is 28.6 Å². The number of aromatic nitrogens is 5. The van der Waals surface area contributed by atoms with E-state index in [-0.39, 0.29) is 30.5 Å². The third-order valence-electron chi connectivity index (χ3n) is 6.90. The fourth-order valence-corrected chi connectivity index (χ4v) is 6.47. The highest BCUT2D eigenvalue weighted by Gasteiger charge is 2.31. The van der Waals surface area contributed by atoms with E-state index in [1.165, 1.54) is 34.8 Å². The van der Waals surface area contributed by atoms with E-state index in [0.29, 0.717) is 34.6 Å². The van der Waals surface area contributed by atoms with E-state index < -0.39 is 18.0 Å². The van der Waals surface area contributed by atoms with E-state index in [2.05, 4.69) is 45.6 Å². The minimum Gasteiger partial charge on any atom is -0.406 e. The van der Waals surface area contributed by atoms with Crippen LogP contribution in [0.2, 0.25) is 0 Å². The van der Waals surface area contributed by atoms with Crippen LogP contribution >= 0.6 is 22.7 Å². The highest BCUT2D eigenvalue weighted by molar-refractivity contribution is 7.19. The molecular formula is C30H25F3N8O3S2. The van der Waals surface area contributed by atoms with Crippen molar-refractivity contribution in [3.63, 3.8) is 0 Å². The van der Waals surface area contributed by atoms with Gasteiger partial charge in [0.25, 0.3) is 0 Å². The fraction of sp³-hybridized carbons (Fsp3) is 0.233. The Morgan fingerprint density at radius 3 is 2.54 bits per heavy atom. The highest BCUT2D eigenvalue weighted by Crippen LogP contribution is 2.33. The molecule has 1 saturated heterocycles. The van der Waals surface area contributed by atoms with Gasteiger partial charge in [-0.1, -0.05) is 53.8 Å². The van der Waals surface area contributed by atoms with E-state index in [9.17, 15) is 22.8 Å². The van der Waals surface area contributed by atoms with Gasteiger partial charge in [-0.2, -0.15) is 5.10 Å². The number of anilines is 3. The van der Waals surface area contributed by atoms with E-state index in [1.54, 1.807) is 12.1 Å². The van der Waals surface area contributed by atoms with Gasteiger partial charge < -0.3 is 20.3 Å². The lowest BCUT2D eigenvalue weighted by Gasteiger charge is -2.14. The van der Waals surface area contributed by atoms with E-state index in [0.717, 1.165) is 34.8 Å². The lowest BCUT2D eigenvalue weighted by Crippen LogP contribution is -2.19. The Morgan fingerprint density at radius 1 is 0.935 bits per heavy atom. The molecule has 0 aliphatic carbocycles. The molecule has 2 N–H and O–H groups in total. The second-order valence-electron chi connectivity index (χ2n) is 10.3. The summed E-state index contributed by atoms with van der Waals surface area (Å²) in [5.74, 6) is -0.783. The van der Waals surface area contributed by atoms with Crippen LogP contribution in [0.15, 0.2) is 72.1 Å². The zero-order valence-electron chi connectivity index (χ0n) is 23.9. The molecule has 5 aromatic rings. The topological polar surface area (TPSA) is 135 Å². The van der Waals surface area contributed by atoms with E-state index in [1.807, 2.05) is 35.7 Å². The number of thiazole rings is 1. The van der Waals surface area contributed by atoms with Gasteiger partial charge in [-0.25, -0.2) is 4.98 Å². The molecule has 46 heavy (non-hydrogen) atoms. The smallest absolute Gasteiger partial charge is 0.406 e. The van der Waals surface area contributed by atoms with E-state index in [4.69, 9.17) is 0 Å². The van der Waals surface area contributed by atoms with Crippen LogP contribution in [-0.4, -0.2) is 56.6 Å². The number of ether oxygens (including phenoxy) is 1. The summed E-state index contributed by atoms with van der Waals surface area (Å²) in [4.78, 5) is 31.7. The zero-order valence-corrected chi connectivity index (χ0v) is 25.5. The van der Waals surface area contributed by atoms with Crippen molar-refractivity contribution < 1.29 is 27.5 Å². The Hall–Kier alpha value is -4.96. The summed E-state index contributed by atoms with van der Waals surface area (Å²) in [7, 11) is 0. The molecule has 0 radical (unpaired) electrons. The van der Waals surface area contributed by atoms with Crippen LogP contribution in [0, 0.1) is 0 Å². The number of alkyl halides is 3. The molecule has 11 nitrogen and oxygen atoms in total. The van der Waals surface area contributed by atoms with Crippen molar-refractivity contribution in [2.24, 2.45) is 0 Å². The molecule has 1 fully saturated rings. The number of hydrogen-bond donors (Lipinski definition) is 2. The zero-order chi connectivity index (χ0) is 32.1. The quantitative estimate of drug-likeness (QED) is 0.192. The monoisotopic (exact) mass is 666 g/mol. The predicted molar refractivity (Wildman–Crippen MR) is 167 cm³/mol. The number of carbonyl (C=O) groups excluding carboxylic acids is 2. The summed E-state index contributed by atoms with van der Waals surface area (Å²) in [6.07, 6.45) is -4.06. The van der Waals surface area contributed by atoms with Crippen LogP contribution in [0.1, 0.15) is 29.3 Å². The van der Waals surface area contributed by atoms with Gasteiger partial charge in [-0.3, -0.25) is 9.59 Å². The maximum Gasteiger partial charge on any atom is 0.573 e. The molecule has 0 bridgehead atoms. The number of halogens is 3. The average Bonchev–Trinajstić information content (AvgIpc) is 3.79. The average molecular weight is 667 g/mol. The largest absolute Gasteiger partial charge is 0.573 e. The number of benzene rings is 2. The number of nitrogens with zero attached hydrogens (tertiary/aromatic N) is 6. The van der Waals surface area contributed by atoms with Crippen molar-refractivity contribution in [1.82, 2.24) is 25.4 Å². The number of rotatable bonds is 10. The lowest BCUT2D eigenvalue weighted by molar-refractivity contribution is -0.274. The summed E-state index contributed by atoms with van der Waals surface area (Å²) < 4.78 is 41.3. The Balaban J connectivity index is 0.977. The Kier molecular flexibility index (Phi) is 9.16. The number of carbonyl (C=O) groups is 2. The van der Waals surface area contributed by atoms with Crippen molar-refractivity contribution in [1.29, 1.82) is 0 Å². The van der Waals surface area contributed by atoms with Crippen LogP contribution in [0.25, 0.3) is 10.6 Å². The predicted octanol–water partition coefficient (Wildman–Crippen LogP) is 5.71. The summed E-state index contributed by atoms with van der Waals surface area (Å²) >= 11 is 2.78. The molecule has 3 aromatic heterocycles. The molecule has 0 saturated carbocycles. The summed E-state index contributed by atoms with van der Waals surface area (Å²) in [6.45, 7) is 1.34. The van der Waals surface area contributed by atoms with Gasteiger partial charge in [-0.05, 0) is 36.2 Å². The van der Waals surface area contributed by atoms with Crippen LogP contribution in [-0.2, 0) is 22.4 Å². The molecule has 4 heterocycles. The molecule has 1 aliphatic rings. The summed E-state index contributed by atoms with van der Waals surface area (Å²) in [5, 5.41) is 26.0. The molecule has 2 aromatic carbocycles. The molecule has 2 amide bonds. The lowest BCUT2D eigenvalue weighted by atomic mass is 10.1. The first-order valence-corrected chi connectivity index (χ1v) is 15.7. The molecule has 0 spiro atoms. The third-order valence-corrected chi connectivity index (χ3v) is 8.74. The van der Waals surface area contributed by atoms with Crippen molar-refractivity contribution in [3.05, 3.63) is 89.1 Å². The number of hydrogen-bond acceptors (Lipinski definition) is 11. The van der Waals surface area contributed by atoms with Crippen molar-refractivity contribution in [2.45, 2.75) is 31.5 Å².